The first-order valence-corrected chi connectivity index (χ1v) is 8.04. The summed E-state index contributed by atoms with van der Waals surface area (Å²) in [7, 11) is 0. The maximum atomic E-state index is 9.23. The van der Waals surface area contributed by atoms with E-state index in [0.29, 0.717) is 5.56 Å². The van der Waals surface area contributed by atoms with E-state index in [9.17, 15) is 5.26 Å². The smallest absolute Gasteiger partial charge is 0.146 e. The highest BCUT2D eigenvalue weighted by Crippen LogP contribution is 2.21. The molecule has 22 heavy (non-hydrogen) atoms. The molecule has 0 spiro atoms. The molecule has 6 heteroatoms. The minimum absolute atomic E-state index is 0.637. The second-order valence-electron chi connectivity index (χ2n) is 5.15. The molecule has 3 rings (SSSR count). The first-order chi connectivity index (χ1) is 10.8. The van der Waals surface area contributed by atoms with E-state index in [1.807, 2.05) is 24.4 Å². The Morgan fingerprint density at radius 3 is 2.64 bits per heavy atom. The molecule has 1 saturated heterocycles. The molecule has 1 aliphatic rings. The molecule has 2 aromatic rings. The summed E-state index contributed by atoms with van der Waals surface area (Å²) in [5.74, 6) is 1.78. The van der Waals surface area contributed by atoms with E-state index in [-0.39, 0.29) is 0 Å². The molecule has 112 valence electrons. The van der Waals surface area contributed by atoms with Crippen LogP contribution in [-0.4, -0.2) is 36.1 Å². The van der Waals surface area contributed by atoms with E-state index in [2.05, 4.69) is 41.8 Å². The molecule has 0 aliphatic carbocycles. The summed E-state index contributed by atoms with van der Waals surface area (Å²) in [5, 5.41) is 9.23. The fraction of sp³-hybridized carbons (Fsp3) is 0.312. The van der Waals surface area contributed by atoms with Crippen LogP contribution in [0.25, 0.3) is 0 Å². The highest BCUT2D eigenvalue weighted by atomic mass is 79.9. The zero-order valence-electron chi connectivity index (χ0n) is 12.1. The molecule has 5 nitrogen and oxygen atoms in total. The number of pyridine rings is 2. The largest absolute Gasteiger partial charge is 0.355 e. The van der Waals surface area contributed by atoms with E-state index in [1.54, 1.807) is 12.3 Å². The zero-order valence-corrected chi connectivity index (χ0v) is 13.7. The van der Waals surface area contributed by atoms with Gasteiger partial charge < -0.3 is 9.80 Å². The SMILES string of the molecule is N#Cc1cccnc1N1CCCN(c2ccc(Br)cn2)CC1. The molecule has 1 fully saturated rings. The van der Waals surface area contributed by atoms with Crippen molar-refractivity contribution in [3.05, 3.63) is 46.7 Å². The van der Waals surface area contributed by atoms with Gasteiger partial charge in [-0.3, -0.25) is 0 Å². The molecule has 1 aliphatic heterocycles. The molecule has 0 saturated carbocycles. The van der Waals surface area contributed by atoms with Gasteiger partial charge >= 0.3 is 0 Å². The number of hydrogen-bond acceptors (Lipinski definition) is 5. The van der Waals surface area contributed by atoms with Gasteiger partial charge in [0, 0.05) is 43.0 Å². The lowest BCUT2D eigenvalue weighted by Gasteiger charge is -2.23. The minimum Gasteiger partial charge on any atom is -0.355 e. The summed E-state index contributed by atoms with van der Waals surface area (Å²) in [6.07, 6.45) is 4.58. The van der Waals surface area contributed by atoms with E-state index in [4.69, 9.17) is 0 Å². The molecule has 0 N–H and O–H groups in total. The van der Waals surface area contributed by atoms with Crippen LogP contribution in [-0.2, 0) is 0 Å². The van der Waals surface area contributed by atoms with Crippen molar-refractivity contribution in [2.24, 2.45) is 0 Å². The van der Waals surface area contributed by atoms with Crippen LogP contribution in [0, 0.1) is 11.3 Å². The summed E-state index contributed by atoms with van der Waals surface area (Å²) in [5.41, 5.74) is 0.637. The quantitative estimate of drug-likeness (QED) is 0.826. The normalized spacial score (nSPS) is 15.3. The van der Waals surface area contributed by atoms with Crippen LogP contribution >= 0.6 is 15.9 Å². The van der Waals surface area contributed by atoms with Gasteiger partial charge in [0.1, 0.15) is 17.7 Å². The van der Waals surface area contributed by atoms with Gasteiger partial charge in [-0.05, 0) is 46.6 Å². The van der Waals surface area contributed by atoms with Gasteiger partial charge in [-0.25, -0.2) is 9.97 Å². The van der Waals surface area contributed by atoms with E-state index < -0.39 is 0 Å². The number of halogens is 1. The topological polar surface area (TPSA) is 56.1 Å². The predicted molar refractivity (Wildman–Crippen MR) is 89.9 cm³/mol. The van der Waals surface area contributed by atoms with Crippen LogP contribution in [0.3, 0.4) is 0 Å². The Bertz CT molecular complexity index is 680. The van der Waals surface area contributed by atoms with Crippen molar-refractivity contribution in [2.75, 3.05) is 36.0 Å². The Morgan fingerprint density at radius 2 is 1.86 bits per heavy atom. The van der Waals surface area contributed by atoms with Crippen LogP contribution in [0.15, 0.2) is 41.1 Å². The van der Waals surface area contributed by atoms with Crippen LogP contribution < -0.4 is 9.80 Å². The van der Waals surface area contributed by atoms with Gasteiger partial charge in [0.25, 0.3) is 0 Å². The zero-order chi connectivity index (χ0) is 15.4. The molecule has 2 aromatic heterocycles. The summed E-state index contributed by atoms with van der Waals surface area (Å²) in [6.45, 7) is 3.57. The standard InChI is InChI=1S/C16H16BrN5/c17-14-4-5-15(20-12-14)21-7-2-8-22(10-9-21)16-13(11-18)3-1-6-19-16/h1,3-6,12H,2,7-10H2. The fourth-order valence-corrected chi connectivity index (χ4v) is 2.88. The maximum Gasteiger partial charge on any atom is 0.146 e. The lowest BCUT2D eigenvalue weighted by molar-refractivity contribution is 0.793. The third-order valence-corrected chi connectivity index (χ3v) is 4.21. The van der Waals surface area contributed by atoms with Crippen molar-refractivity contribution in [2.45, 2.75) is 6.42 Å². The average molecular weight is 358 g/mol. The van der Waals surface area contributed by atoms with Gasteiger partial charge in [0.15, 0.2) is 0 Å². The number of nitrogens with zero attached hydrogens (tertiary/aromatic N) is 5. The third kappa shape index (κ3) is 3.20. The number of aromatic nitrogens is 2. The van der Waals surface area contributed by atoms with Crippen molar-refractivity contribution in [1.29, 1.82) is 5.26 Å². The molecule has 0 unspecified atom stereocenters. The summed E-state index contributed by atoms with van der Waals surface area (Å²) >= 11 is 3.41. The van der Waals surface area contributed by atoms with E-state index in [0.717, 1.165) is 48.7 Å². The van der Waals surface area contributed by atoms with E-state index in [1.165, 1.54) is 0 Å². The minimum atomic E-state index is 0.637. The first kappa shape index (κ1) is 14.8. The van der Waals surface area contributed by atoms with E-state index >= 15 is 0 Å². The molecular formula is C16H16BrN5. The molecular weight excluding hydrogens is 342 g/mol. The predicted octanol–water partition coefficient (Wildman–Crippen LogP) is 2.83. The molecule has 0 bridgehead atoms. The Labute approximate surface area is 138 Å². The van der Waals surface area contributed by atoms with Crippen molar-refractivity contribution in [1.82, 2.24) is 9.97 Å². The van der Waals surface area contributed by atoms with Gasteiger partial charge in [-0.2, -0.15) is 5.26 Å². The van der Waals surface area contributed by atoms with Crippen molar-refractivity contribution in [3.63, 3.8) is 0 Å². The lowest BCUT2D eigenvalue weighted by atomic mass is 10.2. The van der Waals surface area contributed by atoms with Gasteiger partial charge in [0.2, 0.25) is 0 Å². The number of rotatable bonds is 2. The molecule has 0 aromatic carbocycles. The summed E-state index contributed by atoms with van der Waals surface area (Å²) < 4.78 is 0.986. The van der Waals surface area contributed by atoms with Crippen molar-refractivity contribution >= 4 is 27.6 Å². The second kappa shape index (κ2) is 6.75. The first-order valence-electron chi connectivity index (χ1n) is 7.24. The van der Waals surface area contributed by atoms with Gasteiger partial charge in [0.05, 0.1) is 5.56 Å². The van der Waals surface area contributed by atoms with Crippen molar-refractivity contribution < 1.29 is 0 Å². The Balaban J connectivity index is 1.75. The summed E-state index contributed by atoms with van der Waals surface area (Å²) in [4.78, 5) is 13.3. The van der Waals surface area contributed by atoms with Crippen molar-refractivity contribution in [3.8, 4) is 6.07 Å². The second-order valence-corrected chi connectivity index (χ2v) is 6.06. The highest BCUT2D eigenvalue weighted by molar-refractivity contribution is 9.10. The lowest BCUT2D eigenvalue weighted by Crippen LogP contribution is -2.31. The molecule has 0 amide bonds. The maximum absolute atomic E-state index is 9.23. The number of anilines is 2. The van der Waals surface area contributed by atoms with Gasteiger partial charge in [-0.15, -0.1) is 0 Å². The molecule has 0 radical (unpaired) electrons. The van der Waals surface area contributed by atoms with Crippen LogP contribution in [0.2, 0.25) is 0 Å². The fourth-order valence-electron chi connectivity index (χ4n) is 2.65. The monoisotopic (exact) mass is 357 g/mol. The van der Waals surface area contributed by atoms with Crippen LogP contribution in [0.5, 0.6) is 0 Å². The van der Waals surface area contributed by atoms with Gasteiger partial charge in [-0.1, -0.05) is 0 Å². The van der Waals surface area contributed by atoms with Crippen LogP contribution in [0.4, 0.5) is 11.6 Å². The average Bonchev–Trinajstić information content (AvgIpc) is 2.81. The Kier molecular flexibility index (Phi) is 4.54. The Morgan fingerprint density at radius 1 is 1.05 bits per heavy atom. The third-order valence-electron chi connectivity index (χ3n) is 3.74. The molecule has 3 heterocycles. The highest BCUT2D eigenvalue weighted by Gasteiger charge is 2.18. The Hall–Kier alpha value is -2.13. The van der Waals surface area contributed by atoms with Crippen LogP contribution in [0.1, 0.15) is 12.0 Å². The molecule has 0 atom stereocenters. The summed E-state index contributed by atoms with van der Waals surface area (Å²) in [6, 6.07) is 9.89. The number of hydrogen-bond donors (Lipinski definition) is 0. The number of nitriles is 1.